The number of aliphatic carboxylic acids is 1. The average molecular weight is 501 g/mol. The fourth-order valence-corrected chi connectivity index (χ4v) is 5.84. The maximum Gasteiger partial charge on any atom is 0.310 e. The summed E-state index contributed by atoms with van der Waals surface area (Å²) >= 11 is 0. The van der Waals surface area contributed by atoms with E-state index < -0.39 is 11.4 Å². The molecule has 0 unspecified atom stereocenters. The van der Waals surface area contributed by atoms with E-state index in [9.17, 15) is 9.90 Å². The van der Waals surface area contributed by atoms with Gasteiger partial charge in [0.25, 0.3) is 0 Å². The van der Waals surface area contributed by atoms with Crippen LogP contribution in [-0.2, 0) is 18.4 Å². The molecule has 0 saturated carbocycles. The first kappa shape index (κ1) is 25.1. The monoisotopic (exact) mass is 500 g/mol. The molecule has 5 rings (SSSR count). The Morgan fingerprint density at radius 1 is 1.22 bits per heavy atom. The maximum atomic E-state index is 12.6. The van der Waals surface area contributed by atoms with Crippen LogP contribution >= 0.6 is 0 Å². The quantitative estimate of drug-likeness (QED) is 0.390. The summed E-state index contributed by atoms with van der Waals surface area (Å²) in [5.41, 5.74) is 6.16. The lowest BCUT2D eigenvalue weighted by molar-refractivity contribution is -0.147. The van der Waals surface area contributed by atoms with Crippen LogP contribution < -0.4 is 0 Å². The second-order valence-electron chi connectivity index (χ2n) is 11.0. The molecule has 194 valence electrons. The molecule has 2 atom stereocenters. The van der Waals surface area contributed by atoms with Crippen molar-refractivity contribution in [2.45, 2.75) is 59.0 Å². The Bertz CT molecular complexity index is 1420. The number of carboxylic acids is 1. The highest BCUT2D eigenvalue weighted by Crippen LogP contribution is 2.44. The van der Waals surface area contributed by atoms with Crippen LogP contribution in [0.2, 0.25) is 0 Å². The van der Waals surface area contributed by atoms with Gasteiger partial charge in [0.2, 0.25) is 0 Å². The minimum Gasteiger partial charge on any atom is -0.481 e. The van der Waals surface area contributed by atoms with E-state index in [0.717, 1.165) is 60.2 Å². The van der Waals surface area contributed by atoms with Gasteiger partial charge in [0.15, 0.2) is 0 Å². The normalized spacial score (nSPS) is 17.8. The van der Waals surface area contributed by atoms with Crippen LogP contribution in [0.4, 0.5) is 0 Å². The number of fused-ring (bicyclic) bond motifs is 1. The van der Waals surface area contributed by atoms with Gasteiger partial charge in [0.05, 0.1) is 17.0 Å². The average Bonchev–Trinajstić information content (AvgIpc) is 3.53. The second kappa shape index (κ2) is 9.74. The Labute approximate surface area is 217 Å². The number of aryl methyl sites for hydroxylation is 3. The summed E-state index contributed by atoms with van der Waals surface area (Å²) in [6.07, 6.45) is 6.16. The Hall–Kier alpha value is -3.52. The second-order valence-corrected chi connectivity index (χ2v) is 11.0. The summed E-state index contributed by atoms with van der Waals surface area (Å²) < 4.78 is 3.83. The van der Waals surface area contributed by atoms with Gasteiger partial charge < -0.3 is 5.11 Å². The summed E-state index contributed by atoms with van der Waals surface area (Å²) in [5.74, 6) is -1.16. The third-order valence-corrected chi connectivity index (χ3v) is 8.14. The highest BCUT2D eigenvalue weighted by Gasteiger charge is 2.40. The third-order valence-electron chi connectivity index (χ3n) is 8.14. The van der Waals surface area contributed by atoms with E-state index in [1.54, 1.807) is 4.68 Å². The number of aromatic nitrogens is 5. The Balaban J connectivity index is 1.52. The van der Waals surface area contributed by atoms with Gasteiger partial charge in [-0.05, 0) is 87.0 Å². The Morgan fingerprint density at radius 3 is 2.76 bits per heavy atom. The molecule has 0 aliphatic carbocycles. The summed E-state index contributed by atoms with van der Waals surface area (Å²) in [7, 11) is 1.87. The van der Waals surface area contributed by atoms with Gasteiger partial charge in [0, 0.05) is 38.4 Å². The maximum absolute atomic E-state index is 12.6. The van der Waals surface area contributed by atoms with Crippen LogP contribution in [-0.4, -0.2) is 53.8 Å². The van der Waals surface area contributed by atoms with E-state index in [2.05, 4.69) is 62.4 Å². The SMILES string of the molecule is Cc1ccc([C@@H](c2ccc3c(nnn3C)c2C)C(C)(C)C(=O)O)cc1CN1CCC[C@@H](n2cccn2)C1. The lowest BCUT2D eigenvalue weighted by Crippen LogP contribution is -2.36. The van der Waals surface area contributed by atoms with E-state index in [4.69, 9.17) is 0 Å². The number of hydrogen-bond donors (Lipinski definition) is 1. The van der Waals surface area contributed by atoms with Gasteiger partial charge in [0.1, 0.15) is 5.52 Å². The molecule has 0 bridgehead atoms. The van der Waals surface area contributed by atoms with Crippen molar-refractivity contribution in [3.63, 3.8) is 0 Å². The highest BCUT2D eigenvalue weighted by atomic mass is 16.4. The molecule has 0 spiro atoms. The van der Waals surface area contributed by atoms with Gasteiger partial charge >= 0.3 is 5.97 Å². The minimum atomic E-state index is -1.02. The molecule has 1 aliphatic heterocycles. The van der Waals surface area contributed by atoms with Crippen molar-refractivity contribution in [3.8, 4) is 0 Å². The van der Waals surface area contributed by atoms with Gasteiger partial charge in [-0.1, -0.05) is 29.5 Å². The lowest BCUT2D eigenvalue weighted by atomic mass is 9.69. The number of hydrogen-bond acceptors (Lipinski definition) is 5. The number of rotatable bonds is 7. The molecule has 4 aromatic rings. The smallest absolute Gasteiger partial charge is 0.310 e. The molecule has 8 heteroatoms. The zero-order valence-corrected chi connectivity index (χ0v) is 22.3. The first-order valence-corrected chi connectivity index (χ1v) is 13.0. The third kappa shape index (κ3) is 4.66. The van der Waals surface area contributed by atoms with Gasteiger partial charge in [-0.2, -0.15) is 5.10 Å². The fourth-order valence-electron chi connectivity index (χ4n) is 5.84. The summed E-state index contributed by atoms with van der Waals surface area (Å²) in [4.78, 5) is 15.1. The molecule has 2 aromatic heterocycles. The van der Waals surface area contributed by atoms with Crippen molar-refractivity contribution < 1.29 is 9.90 Å². The number of nitrogens with zero attached hydrogens (tertiary/aromatic N) is 6. The van der Waals surface area contributed by atoms with Gasteiger partial charge in [-0.15, -0.1) is 5.10 Å². The van der Waals surface area contributed by atoms with Crippen molar-refractivity contribution in [2.24, 2.45) is 12.5 Å². The lowest BCUT2D eigenvalue weighted by Gasteiger charge is -2.35. The van der Waals surface area contributed by atoms with Crippen molar-refractivity contribution in [2.75, 3.05) is 13.1 Å². The Morgan fingerprint density at radius 2 is 2.03 bits per heavy atom. The van der Waals surface area contributed by atoms with Crippen LogP contribution in [0.5, 0.6) is 0 Å². The molecule has 1 fully saturated rings. The van der Waals surface area contributed by atoms with Crippen molar-refractivity contribution in [1.82, 2.24) is 29.7 Å². The number of piperidine rings is 1. The van der Waals surface area contributed by atoms with E-state index in [0.29, 0.717) is 6.04 Å². The van der Waals surface area contributed by atoms with E-state index >= 15 is 0 Å². The van der Waals surface area contributed by atoms with Crippen LogP contribution in [0.15, 0.2) is 48.8 Å². The summed E-state index contributed by atoms with van der Waals surface area (Å²) in [5, 5.41) is 23.3. The molecule has 0 radical (unpaired) electrons. The molecule has 37 heavy (non-hydrogen) atoms. The van der Waals surface area contributed by atoms with Gasteiger partial charge in [-0.3, -0.25) is 14.4 Å². The number of likely N-dealkylation sites (tertiary alicyclic amines) is 1. The topological polar surface area (TPSA) is 89.1 Å². The number of benzene rings is 2. The molecular weight excluding hydrogens is 464 g/mol. The molecule has 3 heterocycles. The Kier molecular flexibility index (Phi) is 6.62. The highest BCUT2D eigenvalue weighted by molar-refractivity contribution is 5.81. The van der Waals surface area contributed by atoms with E-state index in [1.807, 2.05) is 46.1 Å². The summed E-state index contributed by atoms with van der Waals surface area (Å²) in [6, 6.07) is 12.9. The minimum absolute atomic E-state index is 0.339. The zero-order valence-electron chi connectivity index (χ0n) is 22.3. The summed E-state index contributed by atoms with van der Waals surface area (Å²) in [6.45, 7) is 10.6. The molecule has 1 N–H and O–H groups in total. The van der Waals surface area contributed by atoms with Crippen LogP contribution in [0.1, 0.15) is 66.5 Å². The van der Waals surface area contributed by atoms with Crippen LogP contribution in [0.3, 0.4) is 0 Å². The molecule has 1 aliphatic rings. The van der Waals surface area contributed by atoms with Crippen LogP contribution in [0, 0.1) is 19.3 Å². The molecule has 8 nitrogen and oxygen atoms in total. The van der Waals surface area contributed by atoms with Crippen molar-refractivity contribution >= 4 is 17.0 Å². The molecular formula is C29H36N6O2. The van der Waals surface area contributed by atoms with E-state index in [-0.39, 0.29) is 5.92 Å². The van der Waals surface area contributed by atoms with E-state index in [1.165, 1.54) is 11.1 Å². The largest absolute Gasteiger partial charge is 0.481 e. The molecule has 1 saturated heterocycles. The predicted octanol–water partition coefficient (Wildman–Crippen LogP) is 4.86. The van der Waals surface area contributed by atoms with Crippen molar-refractivity contribution in [1.29, 1.82) is 0 Å². The van der Waals surface area contributed by atoms with Crippen LogP contribution in [0.25, 0.3) is 11.0 Å². The molecule has 2 aromatic carbocycles. The first-order valence-electron chi connectivity index (χ1n) is 13.0. The van der Waals surface area contributed by atoms with Gasteiger partial charge in [-0.25, -0.2) is 4.68 Å². The molecule has 0 amide bonds. The first-order chi connectivity index (χ1) is 17.7. The van der Waals surface area contributed by atoms with Crippen molar-refractivity contribution in [3.05, 3.63) is 76.6 Å². The predicted molar refractivity (Wildman–Crippen MR) is 143 cm³/mol. The zero-order chi connectivity index (χ0) is 26.3. The number of carboxylic acid groups (broad SMARTS) is 1. The standard InChI is InChI=1S/C29H36N6O2/c1-19-9-10-21(16-22(19)17-34-14-6-8-23(18-34)35-15-7-13-30-35)26(29(3,4)28(36)37)24-11-12-25-27(20(24)2)31-32-33(25)5/h7,9-13,15-16,23,26H,6,8,14,17-18H2,1-5H3,(H,36,37)/t23-,26+/m1/s1. The fraction of sp³-hybridized carbons (Fsp3) is 0.448. The number of carbonyl (C=O) groups is 1.